The number of amides is 1. The van der Waals surface area contributed by atoms with Crippen LogP contribution in [0.5, 0.6) is 5.75 Å². The van der Waals surface area contributed by atoms with Crippen molar-refractivity contribution in [2.24, 2.45) is 0 Å². The highest BCUT2D eigenvalue weighted by Crippen LogP contribution is 2.17. The molecule has 0 saturated carbocycles. The molecule has 0 radical (unpaired) electrons. The molecule has 6 heteroatoms. The molecule has 0 fully saturated rings. The average Bonchev–Trinajstić information content (AvgIpc) is 2.79. The predicted molar refractivity (Wildman–Crippen MR) is 79.7 cm³/mol. The zero-order valence-corrected chi connectivity index (χ0v) is 11.9. The number of nitrogens with one attached hydrogen (secondary N) is 2. The zero-order chi connectivity index (χ0) is 14.7. The molecule has 2 heterocycles. The molecule has 1 aromatic heterocycles. The zero-order valence-electron chi connectivity index (χ0n) is 11.9. The molecule has 1 aliphatic heterocycles. The monoisotopic (exact) mass is 286 g/mol. The van der Waals surface area contributed by atoms with Gasteiger partial charge in [-0.25, -0.2) is 4.98 Å². The SMILES string of the molecule is COc1cccc(NC(=O)c2cn3c(n2)CCNCC3)c1. The van der Waals surface area contributed by atoms with E-state index in [9.17, 15) is 4.79 Å². The lowest BCUT2D eigenvalue weighted by molar-refractivity contribution is 0.102. The Hall–Kier alpha value is -2.34. The minimum Gasteiger partial charge on any atom is -0.497 e. The maximum Gasteiger partial charge on any atom is 0.275 e. The van der Waals surface area contributed by atoms with E-state index in [1.165, 1.54) is 0 Å². The summed E-state index contributed by atoms with van der Waals surface area (Å²) in [4.78, 5) is 16.7. The van der Waals surface area contributed by atoms with Gasteiger partial charge in [0.2, 0.25) is 0 Å². The van der Waals surface area contributed by atoms with Crippen molar-refractivity contribution in [2.75, 3.05) is 25.5 Å². The summed E-state index contributed by atoms with van der Waals surface area (Å²) in [5.74, 6) is 1.46. The standard InChI is InChI=1S/C15H18N4O2/c1-21-12-4-2-3-11(9-12)17-15(20)13-10-19-8-7-16-6-5-14(19)18-13/h2-4,9-10,16H,5-8H2,1H3,(H,17,20). The second-order valence-corrected chi connectivity index (χ2v) is 4.92. The van der Waals surface area contributed by atoms with E-state index in [1.54, 1.807) is 13.2 Å². The van der Waals surface area contributed by atoms with Crippen LogP contribution in [0.25, 0.3) is 0 Å². The molecule has 1 amide bonds. The van der Waals surface area contributed by atoms with Gasteiger partial charge in [0.05, 0.1) is 7.11 Å². The Morgan fingerprint density at radius 3 is 3.19 bits per heavy atom. The third-order valence-electron chi connectivity index (χ3n) is 3.47. The fourth-order valence-electron chi connectivity index (χ4n) is 2.38. The predicted octanol–water partition coefficient (Wildman–Crippen LogP) is 1.29. The van der Waals surface area contributed by atoms with Crippen LogP contribution in [-0.4, -0.2) is 35.7 Å². The van der Waals surface area contributed by atoms with Crippen LogP contribution < -0.4 is 15.4 Å². The number of carbonyl (C=O) groups excluding carboxylic acids is 1. The van der Waals surface area contributed by atoms with Crippen molar-refractivity contribution < 1.29 is 9.53 Å². The fourth-order valence-corrected chi connectivity index (χ4v) is 2.38. The van der Waals surface area contributed by atoms with Crippen molar-refractivity contribution >= 4 is 11.6 Å². The highest BCUT2D eigenvalue weighted by atomic mass is 16.5. The Balaban J connectivity index is 1.76. The van der Waals surface area contributed by atoms with Crippen LogP contribution in [0.15, 0.2) is 30.5 Å². The van der Waals surface area contributed by atoms with Crippen LogP contribution in [0.4, 0.5) is 5.69 Å². The minimum atomic E-state index is -0.197. The second-order valence-electron chi connectivity index (χ2n) is 4.92. The van der Waals surface area contributed by atoms with Crippen molar-refractivity contribution in [3.63, 3.8) is 0 Å². The molecular formula is C15H18N4O2. The van der Waals surface area contributed by atoms with Crippen molar-refractivity contribution in [2.45, 2.75) is 13.0 Å². The Morgan fingerprint density at radius 2 is 2.33 bits per heavy atom. The van der Waals surface area contributed by atoms with Gasteiger partial charge in [-0.2, -0.15) is 0 Å². The topological polar surface area (TPSA) is 68.2 Å². The van der Waals surface area contributed by atoms with Gasteiger partial charge in [-0.3, -0.25) is 4.79 Å². The maximum absolute atomic E-state index is 12.3. The van der Waals surface area contributed by atoms with Gasteiger partial charge >= 0.3 is 0 Å². The van der Waals surface area contributed by atoms with Gasteiger partial charge < -0.3 is 19.9 Å². The summed E-state index contributed by atoms with van der Waals surface area (Å²) in [6.07, 6.45) is 2.66. The van der Waals surface area contributed by atoms with Crippen molar-refractivity contribution in [3.05, 3.63) is 42.0 Å². The maximum atomic E-state index is 12.3. The van der Waals surface area contributed by atoms with E-state index in [1.807, 2.05) is 29.0 Å². The number of benzene rings is 1. The van der Waals surface area contributed by atoms with Gasteiger partial charge in [0, 0.05) is 44.0 Å². The third kappa shape index (κ3) is 3.05. The van der Waals surface area contributed by atoms with Crippen LogP contribution in [0.3, 0.4) is 0 Å². The number of nitrogens with zero attached hydrogens (tertiary/aromatic N) is 2. The molecule has 2 aromatic rings. The number of rotatable bonds is 3. The van der Waals surface area contributed by atoms with Crippen LogP contribution in [0.1, 0.15) is 16.3 Å². The van der Waals surface area contributed by atoms with Gasteiger partial charge in [-0.1, -0.05) is 6.07 Å². The van der Waals surface area contributed by atoms with Crippen LogP contribution >= 0.6 is 0 Å². The normalized spacial score (nSPS) is 14.1. The van der Waals surface area contributed by atoms with Gasteiger partial charge in [-0.05, 0) is 12.1 Å². The van der Waals surface area contributed by atoms with Gasteiger partial charge in [0.15, 0.2) is 0 Å². The molecule has 3 rings (SSSR count). The molecule has 0 unspecified atom stereocenters. The van der Waals surface area contributed by atoms with Gasteiger partial charge in [0.1, 0.15) is 17.3 Å². The molecule has 1 aromatic carbocycles. The summed E-state index contributed by atoms with van der Waals surface area (Å²) in [5, 5.41) is 6.15. The number of anilines is 1. The number of imidazole rings is 1. The van der Waals surface area contributed by atoms with Crippen LogP contribution in [-0.2, 0) is 13.0 Å². The molecular weight excluding hydrogens is 268 g/mol. The summed E-state index contributed by atoms with van der Waals surface area (Å²) in [5.41, 5.74) is 1.15. The molecule has 0 atom stereocenters. The van der Waals surface area contributed by atoms with E-state index in [-0.39, 0.29) is 5.91 Å². The number of ether oxygens (including phenoxy) is 1. The summed E-state index contributed by atoms with van der Waals surface area (Å²) < 4.78 is 7.19. The Bertz CT molecular complexity index is 627. The summed E-state index contributed by atoms with van der Waals surface area (Å²) >= 11 is 0. The first kappa shape index (κ1) is 13.6. The lowest BCUT2D eigenvalue weighted by atomic mass is 10.3. The van der Waals surface area contributed by atoms with E-state index in [0.29, 0.717) is 17.1 Å². The van der Waals surface area contributed by atoms with Crippen LogP contribution in [0.2, 0.25) is 0 Å². The van der Waals surface area contributed by atoms with Crippen molar-refractivity contribution in [1.29, 1.82) is 0 Å². The Morgan fingerprint density at radius 1 is 1.43 bits per heavy atom. The molecule has 0 aliphatic carbocycles. The minimum absolute atomic E-state index is 0.197. The van der Waals surface area contributed by atoms with E-state index < -0.39 is 0 Å². The second kappa shape index (κ2) is 5.97. The fraction of sp³-hybridized carbons (Fsp3) is 0.333. The first-order valence-corrected chi connectivity index (χ1v) is 6.98. The highest BCUT2D eigenvalue weighted by Gasteiger charge is 2.16. The smallest absolute Gasteiger partial charge is 0.275 e. The van der Waals surface area contributed by atoms with Crippen molar-refractivity contribution in [3.8, 4) is 5.75 Å². The largest absolute Gasteiger partial charge is 0.497 e. The lowest BCUT2D eigenvalue weighted by Crippen LogP contribution is -2.18. The molecule has 110 valence electrons. The number of aromatic nitrogens is 2. The molecule has 21 heavy (non-hydrogen) atoms. The number of methoxy groups -OCH3 is 1. The summed E-state index contributed by atoms with van der Waals surface area (Å²) in [6.45, 7) is 2.64. The number of hydrogen-bond donors (Lipinski definition) is 2. The van der Waals surface area contributed by atoms with E-state index in [2.05, 4.69) is 15.6 Å². The third-order valence-corrected chi connectivity index (χ3v) is 3.47. The Kier molecular flexibility index (Phi) is 3.87. The first-order chi connectivity index (χ1) is 10.3. The molecule has 0 spiro atoms. The number of hydrogen-bond acceptors (Lipinski definition) is 4. The highest BCUT2D eigenvalue weighted by molar-refractivity contribution is 6.02. The lowest BCUT2D eigenvalue weighted by Gasteiger charge is -2.05. The van der Waals surface area contributed by atoms with Gasteiger partial charge in [0.25, 0.3) is 5.91 Å². The molecule has 0 saturated heterocycles. The number of fused-ring (bicyclic) bond motifs is 1. The average molecular weight is 286 g/mol. The van der Waals surface area contributed by atoms with Crippen molar-refractivity contribution in [1.82, 2.24) is 14.9 Å². The van der Waals surface area contributed by atoms with E-state index in [0.717, 1.165) is 31.9 Å². The summed E-state index contributed by atoms with van der Waals surface area (Å²) in [6, 6.07) is 7.28. The molecule has 0 bridgehead atoms. The molecule has 2 N–H and O–H groups in total. The Labute approximate surface area is 123 Å². The molecule has 6 nitrogen and oxygen atoms in total. The summed E-state index contributed by atoms with van der Waals surface area (Å²) in [7, 11) is 1.60. The van der Waals surface area contributed by atoms with E-state index in [4.69, 9.17) is 4.74 Å². The van der Waals surface area contributed by atoms with Gasteiger partial charge in [-0.15, -0.1) is 0 Å². The quantitative estimate of drug-likeness (QED) is 0.892. The van der Waals surface area contributed by atoms with E-state index >= 15 is 0 Å². The van der Waals surface area contributed by atoms with Crippen LogP contribution in [0, 0.1) is 0 Å². The first-order valence-electron chi connectivity index (χ1n) is 6.98. The molecule has 1 aliphatic rings. The number of carbonyl (C=O) groups is 1.